The minimum Gasteiger partial charge on any atom is -0.330 e. The Hall–Kier alpha value is -1.52. The zero-order valence-electron chi connectivity index (χ0n) is 16.8. The molecule has 0 aliphatic carbocycles. The molecule has 1 rings (SSSR count). The molecule has 0 heterocycles. The number of carbonyl (C=O) groups is 2. The quantitative estimate of drug-likeness (QED) is 0.528. The van der Waals surface area contributed by atoms with E-state index in [1.807, 2.05) is 58.0 Å². The van der Waals surface area contributed by atoms with Crippen molar-refractivity contribution < 1.29 is 9.59 Å². The average Bonchev–Trinajstić information content (AvgIpc) is 2.60. The minimum atomic E-state index is -0.255. The van der Waals surface area contributed by atoms with Crippen LogP contribution in [-0.2, 0) is 16.0 Å². The molecule has 146 valence electrons. The Morgan fingerprint density at radius 1 is 1.04 bits per heavy atom. The molecule has 0 spiro atoms. The van der Waals surface area contributed by atoms with Gasteiger partial charge in [-0.1, -0.05) is 64.4 Å². The van der Waals surface area contributed by atoms with Gasteiger partial charge in [0.05, 0.1) is 6.04 Å². The molecule has 0 amide bonds. The summed E-state index contributed by atoms with van der Waals surface area (Å²) in [6.45, 7) is 8.54. The Morgan fingerprint density at radius 3 is 2.23 bits per heavy atom. The maximum atomic E-state index is 13.0. The maximum absolute atomic E-state index is 13.0. The van der Waals surface area contributed by atoms with Crippen molar-refractivity contribution in [3.63, 3.8) is 0 Å². The number of Topliss-reactive ketones (excluding diaryl/α,β-unsaturated/α-hetero) is 2. The summed E-state index contributed by atoms with van der Waals surface area (Å²) in [5.74, 6) is 0.0882. The van der Waals surface area contributed by atoms with Gasteiger partial charge in [-0.25, -0.2) is 0 Å². The van der Waals surface area contributed by atoms with Crippen LogP contribution in [-0.4, -0.2) is 30.2 Å². The van der Waals surface area contributed by atoms with Crippen LogP contribution >= 0.6 is 0 Å². The first kappa shape index (κ1) is 22.5. The van der Waals surface area contributed by atoms with E-state index in [2.05, 4.69) is 5.32 Å². The van der Waals surface area contributed by atoms with Crippen LogP contribution in [0.1, 0.15) is 58.9 Å². The molecule has 0 aliphatic rings. The topological polar surface area (TPSA) is 72.2 Å². The summed E-state index contributed by atoms with van der Waals surface area (Å²) in [4.78, 5) is 25.6. The third kappa shape index (κ3) is 8.24. The van der Waals surface area contributed by atoms with Crippen LogP contribution in [0, 0.1) is 11.8 Å². The molecule has 0 saturated carbocycles. The Balaban J connectivity index is 2.83. The Kier molecular flexibility index (Phi) is 10.4. The Morgan fingerprint density at radius 2 is 1.69 bits per heavy atom. The largest absolute Gasteiger partial charge is 0.330 e. The molecule has 1 aromatic carbocycles. The molecule has 0 bridgehead atoms. The zero-order chi connectivity index (χ0) is 19.5. The van der Waals surface area contributed by atoms with Gasteiger partial charge >= 0.3 is 0 Å². The normalized spacial score (nSPS) is 13.8. The van der Waals surface area contributed by atoms with E-state index < -0.39 is 0 Å². The second kappa shape index (κ2) is 12.0. The molecule has 26 heavy (non-hydrogen) atoms. The molecule has 0 saturated heterocycles. The lowest BCUT2D eigenvalue weighted by Crippen LogP contribution is -2.43. The van der Waals surface area contributed by atoms with Crippen molar-refractivity contribution in [2.24, 2.45) is 17.6 Å². The van der Waals surface area contributed by atoms with Crippen LogP contribution in [0.3, 0.4) is 0 Å². The number of nitrogens with one attached hydrogen (secondary N) is 1. The summed E-state index contributed by atoms with van der Waals surface area (Å²) in [6, 6.07) is 10.00. The van der Waals surface area contributed by atoms with Crippen molar-refractivity contribution in [1.29, 1.82) is 0 Å². The highest BCUT2D eigenvalue weighted by Crippen LogP contribution is 2.20. The SMILES string of the molecule is CC(C)N[C@@H](Cc1ccccc1)C(=O)C[C@@H](CCCCN)C(=O)C(C)C. The van der Waals surface area contributed by atoms with E-state index in [1.54, 1.807) is 0 Å². The van der Waals surface area contributed by atoms with Gasteiger partial charge in [0.2, 0.25) is 0 Å². The van der Waals surface area contributed by atoms with Crippen LogP contribution in [0.4, 0.5) is 0 Å². The van der Waals surface area contributed by atoms with Crippen molar-refractivity contribution in [2.45, 2.75) is 71.9 Å². The van der Waals surface area contributed by atoms with Crippen molar-refractivity contribution in [2.75, 3.05) is 6.54 Å². The molecule has 0 unspecified atom stereocenters. The van der Waals surface area contributed by atoms with Crippen LogP contribution in [0.15, 0.2) is 30.3 Å². The molecule has 3 N–H and O–H groups in total. The first-order valence-electron chi connectivity index (χ1n) is 9.91. The lowest BCUT2D eigenvalue weighted by Gasteiger charge is -2.24. The third-order valence-corrected chi connectivity index (χ3v) is 4.63. The highest BCUT2D eigenvalue weighted by Gasteiger charge is 2.27. The number of hydrogen-bond donors (Lipinski definition) is 2. The summed E-state index contributed by atoms with van der Waals surface area (Å²) >= 11 is 0. The summed E-state index contributed by atoms with van der Waals surface area (Å²) in [5, 5.41) is 3.39. The molecule has 4 nitrogen and oxygen atoms in total. The van der Waals surface area contributed by atoms with Gasteiger partial charge in [-0.3, -0.25) is 9.59 Å². The molecule has 0 radical (unpaired) electrons. The van der Waals surface area contributed by atoms with Gasteiger partial charge in [0.15, 0.2) is 5.78 Å². The highest BCUT2D eigenvalue weighted by molar-refractivity contribution is 5.91. The van der Waals surface area contributed by atoms with Gasteiger partial charge in [0, 0.05) is 24.3 Å². The Bertz CT molecular complexity index is 540. The number of nitrogens with two attached hydrogens (primary N) is 1. The van der Waals surface area contributed by atoms with Crippen molar-refractivity contribution in [3.05, 3.63) is 35.9 Å². The molecule has 4 heteroatoms. The first-order chi connectivity index (χ1) is 12.3. The van der Waals surface area contributed by atoms with E-state index in [9.17, 15) is 9.59 Å². The molecule has 0 aromatic heterocycles. The second-order valence-corrected chi connectivity index (χ2v) is 7.77. The van der Waals surface area contributed by atoms with Crippen LogP contribution in [0.25, 0.3) is 0 Å². The van der Waals surface area contributed by atoms with Crippen LogP contribution < -0.4 is 11.1 Å². The van der Waals surface area contributed by atoms with E-state index >= 15 is 0 Å². The number of ketones is 2. The first-order valence-corrected chi connectivity index (χ1v) is 9.91. The molecule has 1 aromatic rings. The average molecular weight is 361 g/mol. The van der Waals surface area contributed by atoms with E-state index in [1.165, 1.54) is 0 Å². The number of carbonyl (C=O) groups excluding carboxylic acids is 2. The number of rotatable bonds is 13. The van der Waals surface area contributed by atoms with Gasteiger partial charge < -0.3 is 11.1 Å². The lowest BCUT2D eigenvalue weighted by atomic mass is 9.84. The fourth-order valence-corrected chi connectivity index (χ4v) is 3.25. The van der Waals surface area contributed by atoms with Gasteiger partial charge in [0.25, 0.3) is 0 Å². The Labute approximate surface area is 158 Å². The predicted molar refractivity (Wildman–Crippen MR) is 108 cm³/mol. The molecular formula is C22H36N2O2. The predicted octanol–water partition coefficient (Wildman–Crippen LogP) is 3.53. The van der Waals surface area contributed by atoms with Gasteiger partial charge in [-0.2, -0.15) is 0 Å². The smallest absolute Gasteiger partial charge is 0.150 e. The molecular weight excluding hydrogens is 324 g/mol. The summed E-state index contributed by atoms with van der Waals surface area (Å²) in [7, 11) is 0. The van der Waals surface area contributed by atoms with E-state index in [0.29, 0.717) is 19.4 Å². The van der Waals surface area contributed by atoms with Gasteiger partial charge in [-0.15, -0.1) is 0 Å². The van der Waals surface area contributed by atoms with Crippen molar-refractivity contribution in [3.8, 4) is 0 Å². The van der Waals surface area contributed by atoms with Crippen molar-refractivity contribution in [1.82, 2.24) is 5.32 Å². The van der Waals surface area contributed by atoms with Crippen LogP contribution in [0.2, 0.25) is 0 Å². The molecule has 2 atom stereocenters. The second-order valence-electron chi connectivity index (χ2n) is 7.77. The van der Waals surface area contributed by atoms with Crippen LogP contribution in [0.5, 0.6) is 0 Å². The van der Waals surface area contributed by atoms with Gasteiger partial charge in [-0.05, 0) is 31.4 Å². The van der Waals surface area contributed by atoms with Crippen molar-refractivity contribution >= 4 is 11.6 Å². The number of benzene rings is 1. The van der Waals surface area contributed by atoms with E-state index in [4.69, 9.17) is 5.73 Å². The number of hydrogen-bond acceptors (Lipinski definition) is 4. The van der Waals surface area contributed by atoms with Gasteiger partial charge in [0.1, 0.15) is 5.78 Å². The zero-order valence-corrected chi connectivity index (χ0v) is 16.8. The molecule has 0 fully saturated rings. The highest BCUT2D eigenvalue weighted by atomic mass is 16.1. The van der Waals surface area contributed by atoms with E-state index in [-0.39, 0.29) is 35.5 Å². The standard InChI is InChI=1S/C22H36N2O2/c1-16(2)22(26)19(12-8-9-13-23)15-21(25)20(24-17(3)4)14-18-10-6-5-7-11-18/h5-7,10-11,16-17,19-20,24H,8-9,12-15,23H2,1-4H3/t19-,20+/m1/s1. The van der Waals surface area contributed by atoms with E-state index in [0.717, 1.165) is 24.8 Å². The minimum absolute atomic E-state index is 0.0451. The third-order valence-electron chi connectivity index (χ3n) is 4.63. The fraction of sp³-hybridized carbons (Fsp3) is 0.636. The fourth-order valence-electron chi connectivity index (χ4n) is 3.25. The summed E-state index contributed by atoms with van der Waals surface area (Å²) in [5.41, 5.74) is 6.71. The number of unbranched alkanes of at least 4 members (excludes halogenated alkanes) is 1. The lowest BCUT2D eigenvalue weighted by molar-refractivity contribution is -0.131. The summed E-state index contributed by atoms with van der Waals surface area (Å²) < 4.78 is 0. The summed E-state index contributed by atoms with van der Waals surface area (Å²) in [6.07, 6.45) is 3.52. The maximum Gasteiger partial charge on any atom is 0.150 e. The molecule has 0 aliphatic heterocycles. The monoisotopic (exact) mass is 360 g/mol.